The second-order valence-corrected chi connectivity index (χ2v) is 3.25. The summed E-state index contributed by atoms with van der Waals surface area (Å²) in [6, 6.07) is 10.8. The number of rotatable bonds is 1. The minimum absolute atomic E-state index is 0.0561. The molecular weight excluding hydrogens is 193 g/mol. The molecule has 0 aliphatic carbocycles. The van der Waals surface area contributed by atoms with Crippen molar-refractivity contribution in [1.82, 2.24) is 0 Å². The Bertz CT molecular complexity index is 476. The highest BCUT2D eigenvalue weighted by Crippen LogP contribution is 2.34. The zero-order valence-electron chi connectivity index (χ0n) is 7.94. The van der Waals surface area contributed by atoms with Gasteiger partial charge in [-0.15, -0.1) is 0 Å². The van der Waals surface area contributed by atoms with Gasteiger partial charge in [0.1, 0.15) is 11.6 Å². The predicted molar refractivity (Wildman–Crippen MR) is 57.9 cm³/mol. The average Bonchev–Trinajstić information content (AvgIpc) is 2.17. The fraction of sp³-hybridized carbons (Fsp3) is 0. The predicted octanol–water partition coefficient (Wildman–Crippen LogP) is 2.78. The van der Waals surface area contributed by atoms with Gasteiger partial charge in [-0.3, -0.25) is 0 Å². The van der Waals surface area contributed by atoms with E-state index in [0.29, 0.717) is 16.8 Å². The SMILES string of the molecule is Nc1cccc(O)c1-c1cccc(F)c1. The number of nitrogens with two attached hydrogens (primary N) is 1. The maximum Gasteiger partial charge on any atom is 0.125 e. The van der Waals surface area contributed by atoms with Crippen LogP contribution in [0, 0.1) is 5.82 Å². The van der Waals surface area contributed by atoms with Crippen LogP contribution < -0.4 is 5.73 Å². The first-order valence-corrected chi connectivity index (χ1v) is 4.52. The topological polar surface area (TPSA) is 46.2 Å². The molecule has 0 saturated heterocycles. The molecule has 2 aromatic carbocycles. The molecule has 2 rings (SSSR count). The van der Waals surface area contributed by atoms with Crippen LogP contribution in [0.5, 0.6) is 5.75 Å². The summed E-state index contributed by atoms with van der Waals surface area (Å²) >= 11 is 0. The molecule has 2 nitrogen and oxygen atoms in total. The van der Waals surface area contributed by atoms with Crippen molar-refractivity contribution in [2.24, 2.45) is 0 Å². The molecule has 15 heavy (non-hydrogen) atoms. The molecule has 3 heteroatoms. The largest absolute Gasteiger partial charge is 0.507 e. The van der Waals surface area contributed by atoms with Gasteiger partial charge in [0.05, 0.1) is 0 Å². The number of phenols is 1. The molecular formula is C12H10FNO. The molecule has 0 aromatic heterocycles. The zero-order valence-corrected chi connectivity index (χ0v) is 7.94. The number of aromatic hydroxyl groups is 1. The maximum absolute atomic E-state index is 13.0. The van der Waals surface area contributed by atoms with Crippen LogP contribution in [0.25, 0.3) is 11.1 Å². The lowest BCUT2D eigenvalue weighted by molar-refractivity contribution is 0.477. The van der Waals surface area contributed by atoms with Crippen molar-refractivity contribution in [3.63, 3.8) is 0 Å². The van der Waals surface area contributed by atoms with Gasteiger partial charge in [0, 0.05) is 11.3 Å². The normalized spacial score (nSPS) is 10.2. The van der Waals surface area contributed by atoms with Gasteiger partial charge < -0.3 is 10.8 Å². The van der Waals surface area contributed by atoms with Crippen LogP contribution in [0.4, 0.5) is 10.1 Å². The van der Waals surface area contributed by atoms with E-state index in [0.717, 1.165) is 0 Å². The number of nitrogen functional groups attached to an aromatic ring is 1. The first-order chi connectivity index (χ1) is 7.18. The van der Waals surface area contributed by atoms with E-state index in [4.69, 9.17) is 5.73 Å². The van der Waals surface area contributed by atoms with Crippen LogP contribution in [0.2, 0.25) is 0 Å². The molecule has 0 atom stereocenters. The van der Waals surface area contributed by atoms with Crippen LogP contribution in [-0.4, -0.2) is 5.11 Å². The zero-order chi connectivity index (χ0) is 10.8. The minimum atomic E-state index is -0.352. The van der Waals surface area contributed by atoms with Crippen LogP contribution in [0.15, 0.2) is 42.5 Å². The third kappa shape index (κ3) is 1.76. The molecule has 76 valence electrons. The molecule has 0 bridgehead atoms. The highest BCUT2D eigenvalue weighted by atomic mass is 19.1. The van der Waals surface area contributed by atoms with E-state index in [2.05, 4.69) is 0 Å². The molecule has 0 saturated carbocycles. The van der Waals surface area contributed by atoms with Crippen LogP contribution >= 0.6 is 0 Å². The summed E-state index contributed by atoms with van der Waals surface area (Å²) in [6.07, 6.45) is 0. The fourth-order valence-electron chi connectivity index (χ4n) is 1.52. The van der Waals surface area contributed by atoms with Gasteiger partial charge >= 0.3 is 0 Å². The number of hydrogen-bond acceptors (Lipinski definition) is 2. The monoisotopic (exact) mass is 203 g/mol. The lowest BCUT2D eigenvalue weighted by atomic mass is 10.0. The third-order valence-corrected chi connectivity index (χ3v) is 2.19. The highest BCUT2D eigenvalue weighted by Gasteiger charge is 2.08. The van der Waals surface area contributed by atoms with Crippen molar-refractivity contribution in [3.05, 3.63) is 48.3 Å². The van der Waals surface area contributed by atoms with E-state index in [-0.39, 0.29) is 11.6 Å². The Morgan fingerprint density at radius 3 is 2.47 bits per heavy atom. The second kappa shape index (κ2) is 3.61. The van der Waals surface area contributed by atoms with Gasteiger partial charge in [0.25, 0.3) is 0 Å². The summed E-state index contributed by atoms with van der Waals surface area (Å²) in [5.41, 5.74) is 7.20. The first kappa shape index (κ1) is 9.52. The minimum Gasteiger partial charge on any atom is -0.507 e. The first-order valence-electron chi connectivity index (χ1n) is 4.52. The molecule has 0 fully saturated rings. The van der Waals surface area contributed by atoms with Crippen LogP contribution in [0.1, 0.15) is 0 Å². The lowest BCUT2D eigenvalue weighted by Crippen LogP contribution is -1.90. The molecule has 0 aliphatic heterocycles. The van der Waals surface area contributed by atoms with Crippen LogP contribution in [-0.2, 0) is 0 Å². The van der Waals surface area contributed by atoms with Crippen molar-refractivity contribution in [3.8, 4) is 16.9 Å². The number of phenolic OH excluding ortho intramolecular Hbond substituents is 1. The summed E-state index contributed by atoms with van der Waals surface area (Å²) in [5.74, 6) is -0.296. The van der Waals surface area contributed by atoms with E-state index < -0.39 is 0 Å². The smallest absolute Gasteiger partial charge is 0.125 e. The van der Waals surface area contributed by atoms with Crippen LogP contribution in [0.3, 0.4) is 0 Å². The highest BCUT2D eigenvalue weighted by molar-refractivity contribution is 5.81. The van der Waals surface area contributed by atoms with E-state index >= 15 is 0 Å². The molecule has 0 aliphatic rings. The van der Waals surface area contributed by atoms with Gasteiger partial charge in [-0.1, -0.05) is 18.2 Å². The Kier molecular flexibility index (Phi) is 2.29. The molecule has 0 radical (unpaired) electrons. The van der Waals surface area contributed by atoms with Crippen molar-refractivity contribution < 1.29 is 9.50 Å². The fourth-order valence-corrected chi connectivity index (χ4v) is 1.52. The molecule has 2 aromatic rings. The summed E-state index contributed by atoms with van der Waals surface area (Å²) in [7, 11) is 0. The maximum atomic E-state index is 13.0. The van der Waals surface area contributed by atoms with Crippen molar-refractivity contribution in [1.29, 1.82) is 0 Å². The van der Waals surface area contributed by atoms with E-state index in [1.165, 1.54) is 18.2 Å². The van der Waals surface area contributed by atoms with Gasteiger partial charge in [-0.25, -0.2) is 4.39 Å². The number of benzene rings is 2. The Labute approximate surface area is 86.8 Å². The second-order valence-electron chi connectivity index (χ2n) is 3.25. The molecule has 0 spiro atoms. The van der Waals surface area contributed by atoms with Crippen molar-refractivity contribution in [2.45, 2.75) is 0 Å². The summed E-state index contributed by atoms with van der Waals surface area (Å²) in [5, 5.41) is 9.63. The molecule has 3 N–H and O–H groups in total. The summed E-state index contributed by atoms with van der Waals surface area (Å²) in [4.78, 5) is 0. The van der Waals surface area contributed by atoms with Crippen molar-refractivity contribution >= 4 is 5.69 Å². The van der Waals surface area contributed by atoms with Gasteiger partial charge in [-0.05, 0) is 29.8 Å². The summed E-state index contributed by atoms with van der Waals surface area (Å²) < 4.78 is 13.0. The van der Waals surface area contributed by atoms with Crippen molar-refractivity contribution in [2.75, 3.05) is 5.73 Å². The third-order valence-electron chi connectivity index (χ3n) is 2.19. The van der Waals surface area contributed by atoms with Gasteiger partial charge in [-0.2, -0.15) is 0 Å². The molecule has 0 unspecified atom stereocenters. The molecule has 0 heterocycles. The Morgan fingerprint density at radius 2 is 1.80 bits per heavy atom. The standard InChI is InChI=1S/C12H10FNO/c13-9-4-1-3-8(7-9)12-10(14)5-2-6-11(12)15/h1-7,15H,14H2. The quantitative estimate of drug-likeness (QED) is 0.700. The van der Waals surface area contributed by atoms with Gasteiger partial charge in [0.2, 0.25) is 0 Å². The Balaban J connectivity index is 2.63. The van der Waals surface area contributed by atoms with Gasteiger partial charge in [0.15, 0.2) is 0 Å². The Hall–Kier alpha value is -2.03. The molecule has 0 amide bonds. The van der Waals surface area contributed by atoms with E-state index in [1.54, 1.807) is 24.3 Å². The van der Waals surface area contributed by atoms with E-state index in [9.17, 15) is 9.50 Å². The lowest BCUT2D eigenvalue weighted by Gasteiger charge is -2.07. The average molecular weight is 203 g/mol. The number of hydrogen-bond donors (Lipinski definition) is 2. The number of anilines is 1. The number of halogens is 1. The Morgan fingerprint density at radius 1 is 1.07 bits per heavy atom. The van der Waals surface area contributed by atoms with E-state index in [1.807, 2.05) is 0 Å². The summed E-state index contributed by atoms with van der Waals surface area (Å²) in [6.45, 7) is 0.